The first-order chi connectivity index (χ1) is 9.97. The number of imide groups is 1. The maximum Gasteiger partial charge on any atom is 0.261 e. The fraction of sp³-hybridized carbons (Fsp3) is 0.0667. The summed E-state index contributed by atoms with van der Waals surface area (Å²) in [5.74, 6) is -1.24. The molecule has 0 spiro atoms. The Balaban J connectivity index is 1.97. The van der Waals surface area contributed by atoms with Gasteiger partial charge in [0.2, 0.25) is 0 Å². The van der Waals surface area contributed by atoms with Crippen molar-refractivity contribution < 1.29 is 14.0 Å². The zero-order chi connectivity index (χ0) is 15.1. The normalized spacial score (nSPS) is 13.7. The van der Waals surface area contributed by atoms with Crippen LogP contribution in [0.15, 0.2) is 40.9 Å². The van der Waals surface area contributed by atoms with Gasteiger partial charge in [-0.05, 0) is 42.0 Å². The fourth-order valence-electron chi connectivity index (χ4n) is 2.29. The fourth-order valence-corrected chi connectivity index (χ4v) is 2.66. The third-order valence-electron chi connectivity index (χ3n) is 3.33. The molecule has 2 amide bonds. The Kier molecular flexibility index (Phi) is 3.25. The zero-order valence-corrected chi connectivity index (χ0v) is 12.4. The summed E-state index contributed by atoms with van der Waals surface area (Å²) in [7, 11) is 0. The van der Waals surface area contributed by atoms with Gasteiger partial charge in [0, 0.05) is 10.2 Å². The number of hydrogen-bond acceptors (Lipinski definition) is 3. The van der Waals surface area contributed by atoms with Crippen LogP contribution in [0.25, 0.3) is 0 Å². The third-order valence-corrected chi connectivity index (χ3v) is 4.10. The van der Waals surface area contributed by atoms with Crippen molar-refractivity contribution >= 4 is 33.4 Å². The number of halogens is 2. The van der Waals surface area contributed by atoms with E-state index in [2.05, 4.69) is 15.9 Å². The summed E-state index contributed by atoms with van der Waals surface area (Å²) in [6.45, 7) is 0.00456. The highest BCUT2D eigenvalue weighted by Crippen LogP contribution is 2.28. The van der Waals surface area contributed by atoms with Crippen molar-refractivity contribution in [2.75, 3.05) is 5.73 Å². The van der Waals surface area contributed by atoms with Crippen molar-refractivity contribution in [3.63, 3.8) is 0 Å². The predicted octanol–water partition coefficient (Wildman–Crippen LogP) is 2.97. The van der Waals surface area contributed by atoms with E-state index >= 15 is 0 Å². The molecule has 21 heavy (non-hydrogen) atoms. The minimum Gasteiger partial charge on any atom is -0.399 e. The number of nitrogens with two attached hydrogens (primary N) is 1. The van der Waals surface area contributed by atoms with Gasteiger partial charge in [0.1, 0.15) is 5.82 Å². The highest BCUT2D eigenvalue weighted by Gasteiger charge is 2.35. The van der Waals surface area contributed by atoms with Crippen LogP contribution in [0.4, 0.5) is 10.1 Å². The molecule has 3 rings (SSSR count). The molecule has 0 radical (unpaired) electrons. The summed E-state index contributed by atoms with van der Waals surface area (Å²) in [4.78, 5) is 25.7. The molecule has 0 saturated heterocycles. The van der Waals surface area contributed by atoms with E-state index in [0.717, 1.165) is 4.90 Å². The van der Waals surface area contributed by atoms with Crippen LogP contribution in [-0.2, 0) is 6.54 Å². The first-order valence-electron chi connectivity index (χ1n) is 6.17. The third kappa shape index (κ3) is 2.31. The summed E-state index contributed by atoms with van der Waals surface area (Å²) < 4.78 is 13.9. The van der Waals surface area contributed by atoms with Gasteiger partial charge in [-0.15, -0.1) is 0 Å². The van der Waals surface area contributed by atoms with E-state index in [1.165, 1.54) is 24.3 Å². The van der Waals surface area contributed by atoms with Crippen molar-refractivity contribution in [1.82, 2.24) is 4.90 Å². The molecule has 1 heterocycles. The van der Waals surface area contributed by atoms with Gasteiger partial charge in [0.15, 0.2) is 0 Å². The molecule has 0 atom stereocenters. The summed E-state index contributed by atoms with van der Waals surface area (Å²) in [6.07, 6.45) is 0. The molecule has 0 aromatic heterocycles. The van der Waals surface area contributed by atoms with Crippen molar-refractivity contribution in [3.05, 3.63) is 63.4 Å². The number of nitrogens with zero attached hydrogens (tertiary/aromatic N) is 1. The lowest BCUT2D eigenvalue weighted by atomic mass is 10.1. The van der Waals surface area contributed by atoms with Gasteiger partial charge < -0.3 is 5.73 Å². The highest BCUT2D eigenvalue weighted by molar-refractivity contribution is 9.10. The van der Waals surface area contributed by atoms with Crippen LogP contribution in [0.2, 0.25) is 0 Å². The molecule has 0 aliphatic carbocycles. The molecule has 106 valence electrons. The number of rotatable bonds is 2. The molecule has 0 bridgehead atoms. The smallest absolute Gasteiger partial charge is 0.261 e. The van der Waals surface area contributed by atoms with Crippen molar-refractivity contribution in [2.45, 2.75) is 6.54 Å². The Bertz CT molecular complexity index is 776. The van der Waals surface area contributed by atoms with Gasteiger partial charge >= 0.3 is 0 Å². The van der Waals surface area contributed by atoms with Gasteiger partial charge in [-0.3, -0.25) is 14.5 Å². The largest absolute Gasteiger partial charge is 0.399 e. The Morgan fingerprint density at radius 3 is 2.52 bits per heavy atom. The second-order valence-corrected chi connectivity index (χ2v) is 5.59. The van der Waals surface area contributed by atoms with Crippen LogP contribution in [0, 0.1) is 5.82 Å². The van der Waals surface area contributed by atoms with Crippen LogP contribution in [-0.4, -0.2) is 16.7 Å². The van der Waals surface area contributed by atoms with Crippen molar-refractivity contribution in [1.29, 1.82) is 0 Å². The quantitative estimate of drug-likeness (QED) is 0.670. The number of nitrogen functional groups attached to an aromatic ring is 1. The molecule has 6 heteroatoms. The number of anilines is 1. The first kappa shape index (κ1) is 13.8. The second-order valence-electron chi connectivity index (χ2n) is 4.74. The molecule has 1 aliphatic rings. The molecule has 4 nitrogen and oxygen atoms in total. The van der Waals surface area contributed by atoms with E-state index < -0.39 is 17.6 Å². The number of hydrogen-bond donors (Lipinski definition) is 1. The van der Waals surface area contributed by atoms with Gasteiger partial charge in [0.05, 0.1) is 17.7 Å². The molecule has 0 saturated carbocycles. The predicted molar refractivity (Wildman–Crippen MR) is 79.2 cm³/mol. The van der Waals surface area contributed by atoms with Gasteiger partial charge in [-0.1, -0.05) is 15.9 Å². The van der Waals surface area contributed by atoms with Crippen molar-refractivity contribution in [3.8, 4) is 0 Å². The summed E-state index contributed by atoms with van der Waals surface area (Å²) in [5, 5.41) is 0. The minimum absolute atomic E-state index is 0.00456. The molecule has 2 aromatic carbocycles. The van der Waals surface area contributed by atoms with E-state index in [1.807, 2.05) is 0 Å². The van der Waals surface area contributed by atoms with E-state index in [-0.39, 0.29) is 12.1 Å². The second kappa shape index (κ2) is 4.96. The van der Waals surface area contributed by atoms with Crippen molar-refractivity contribution in [2.24, 2.45) is 0 Å². The number of benzene rings is 2. The van der Waals surface area contributed by atoms with E-state index in [9.17, 15) is 14.0 Å². The van der Waals surface area contributed by atoms with E-state index in [4.69, 9.17) is 5.73 Å². The number of fused-ring (bicyclic) bond motifs is 1. The lowest BCUT2D eigenvalue weighted by molar-refractivity contribution is 0.0642. The Labute approximate surface area is 128 Å². The standard InChI is InChI=1S/C15H10BrFN2O2/c16-13-4-1-9(17)5-8(13)7-19-14(20)11-3-2-10(18)6-12(11)15(19)21/h1-6H,7,18H2. The number of carbonyl (C=O) groups excluding carboxylic acids is 2. The lowest BCUT2D eigenvalue weighted by Gasteiger charge is -2.15. The Hall–Kier alpha value is -2.21. The molecule has 1 aliphatic heterocycles. The van der Waals surface area contributed by atoms with E-state index in [0.29, 0.717) is 21.3 Å². The molecule has 0 unspecified atom stereocenters. The summed E-state index contributed by atoms with van der Waals surface area (Å²) >= 11 is 3.29. The van der Waals surface area contributed by atoms with E-state index in [1.54, 1.807) is 12.1 Å². The molecular formula is C15H10BrFN2O2. The van der Waals surface area contributed by atoms with Crippen LogP contribution < -0.4 is 5.73 Å². The van der Waals surface area contributed by atoms with Crippen LogP contribution in [0.5, 0.6) is 0 Å². The topological polar surface area (TPSA) is 63.4 Å². The maximum atomic E-state index is 13.3. The molecule has 0 fully saturated rings. The zero-order valence-electron chi connectivity index (χ0n) is 10.8. The number of amides is 2. The summed E-state index contributed by atoms with van der Waals surface area (Å²) in [6, 6.07) is 8.73. The molecule has 2 N–H and O–H groups in total. The van der Waals surface area contributed by atoms with Gasteiger partial charge in [-0.25, -0.2) is 4.39 Å². The van der Waals surface area contributed by atoms with Crippen LogP contribution in [0.1, 0.15) is 26.3 Å². The average molecular weight is 349 g/mol. The van der Waals surface area contributed by atoms with Crippen LogP contribution in [0.3, 0.4) is 0 Å². The Morgan fingerprint density at radius 2 is 1.76 bits per heavy atom. The van der Waals surface area contributed by atoms with Gasteiger partial charge in [-0.2, -0.15) is 0 Å². The summed E-state index contributed by atoms with van der Waals surface area (Å²) in [5.41, 5.74) is 7.19. The maximum absolute atomic E-state index is 13.3. The highest BCUT2D eigenvalue weighted by atomic mass is 79.9. The first-order valence-corrected chi connectivity index (χ1v) is 6.96. The average Bonchev–Trinajstić information content (AvgIpc) is 2.67. The Morgan fingerprint density at radius 1 is 1.05 bits per heavy atom. The van der Waals surface area contributed by atoms with Crippen LogP contribution >= 0.6 is 15.9 Å². The molecular weight excluding hydrogens is 339 g/mol. The monoisotopic (exact) mass is 348 g/mol. The SMILES string of the molecule is Nc1ccc2c(c1)C(=O)N(Cc1cc(F)ccc1Br)C2=O. The molecule has 2 aromatic rings. The number of carbonyl (C=O) groups is 2. The van der Waals surface area contributed by atoms with Gasteiger partial charge in [0.25, 0.3) is 11.8 Å². The lowest BCUT2D eigenvalue weighted by Crippen LogP contribution is -2.29. The minimum atomic E-state index is -0.422.